The van der Waals surface area contributed by atoms with E-state index in [1.54, 1.807) is 18.2 Å². The van der Waals surface area contributed by atoms with Crippen molar-refractivity contribution in [3.8, 4) is 6.07 Å². The molecule has 1 aromatic rings. The third kappa shape index (κ3) is 3.65. The van der Waals surface area contributed by atoms with Crippen molar-refractivity contribution < 1.29 is 4.43 Å². The fourth-order valence-electron chi connectivity index (χ4n) is 1.38. The molecule has 2 nitrogen and oxygen atoms in total. The topological polar surface area (TPSA) is 33.0 Å². The van der Waals surface area contributed by atoms with Crippen LogP contribution in [-0.2, 0) is 4.43 Å². The van der Waals surface area contributed by atoms with Crippen molar-refractivity contribution in [2.75, 3.05) is 0 Å². The van der Waals surface area contributed by atoms with Crippen LogP contribution in [0.5, 0.6) is 0 Å². The molecule has 0 aromatic heterocycles. The van der Waals surface area contributed by atoms with Crippen LogP contribution in [0.4, 0.5) is 0 Å². The highest BCUT2D eigenvalue weighted by atomic mass is 28.4. The van der Waals surface area contributed by atoms with Crippen LogP contribution in [0, 0.1) is 11.3 Å². The molecular formula is C13H17NOSi. The Labute approximate surface area is 98.3 Å². The van der Waals surface area contributed by atoms with Crippen LogP contribution in [0.25, 0.3) is 0 Å². The quantitative estimate of drug-likeness (QED) is 0.585. The van der Waals surface area contributed by atoms with E-state index in [1.165, 1.54) is 0 Å². The van der Waals surface area contributed by atoms with Crippen molar-refractivity contribution in [1.29, 1.82) is 5.26 Å². The summed E-state index contributed by atoms with van der Waals surface area (Å²) in [5, 5.41) is 8.72. The number of hydrogen-bond acceptors (Lipinski definition) is 2. The molecule has 0 aliphatic heterocycles. The Balaban J connectivity index is 2.88. The van der Waals surface area contributed by atoms with Crippen molar-refractivity contribution in [2.45, 2.75) is 25.7 Å². The second kappa shape index (κ2) is 5.11. The van der Waals surface area contributed by atoms with E-state index in [4.69, 9.17) is 9.69 Å². The number of hydrogen-bond donors (Lipinski definition) is 0. The highest BCUT2D eigenvalue weighted by Gasteiger charge is 2.20. The molecule has 0 aliphatic carbocycles. The van der Waals surface area contributed by atoms with E-state index >= 15 is 0 Å². The zero-order valence-electron chi connectivity index (χ0n) is 10.0. The summed E-state index contributed by atoms with van der Waals surface area (Å²) >= 11 is 0. The lowest BCUT2D eigenvalue weighted by molar-refractivity contribution is 0.248. The van der Waals surface area contributed by atoms with Crippen LogP contribution < -0.4 is 0 Å². The molecule has 0 aliphatic rings. The maximum atomic E-state index is 8.72. The molecule has 0 fully saturated rings. The highest BCUT2D eigenvalue weighted by Crippen LogP contribution is 2.23. The van der Waals surface area contributed by atoms with Crippen molar-refractivity contribution in [2.24, 2.45) is 0 Å². The summed E-state index contributed by atoms with van der Waals surface area (Å²) in [5.74, 6) is 0. The Morgan fingerprint density at radius 2 is 1.88 bits per heavy atom. The van der Waals surface area contributed by atoms with E-state index < -0.39 is 8.32 Å². The Kier molecular flexibility index (Phi) is 4.05. The lowest BCUT2D eigenvalue weighted by Crippen LogP contribution is -2.27. The second-order valence-corrected chi connectivity index (χ2v) is 9.08. The van der Waals surface area contributed by atoms with Crippen LogP contribution in [0.3, 0.4) is 0 Å². The minimum atomic E-state index is -1.58. The molecule has 0 bridgehead atoms. The van der Waals surface area contributed by atoms with Gasteiger partial charge in [0, 0.05) is 0 Å². The predicted octanol–water partition coefficient (Wildman–Crippen LogP) is 3.64. The van der Waals surface area contributed by atoms with Crippen LogP contribution in [-0.4, -0.2) is 8.32 Å². The molecule has 0 saturated heterocycles. The van der Waals surface area contributed by atoms with E-state index in [-0.39, 0.29) is 6.10 Å². The van der Waals surface area contributed by atoms with Gasteiger partial charge in [-0.15, -0.1) is 6.58 Å². The Morgan fingerprint density at radius 1 is 1.31 bits per heavy atom. The molecule has 1 rings (SSSR count). The van der Waals surface area contributed by atoms with Crippen molar-refractivity contribution in [1.82, 2.24) is 0 Å². The minimum absolute atomic E-state index is 0.0700. The van der Waals surface area contributed by atoms with Gasteiger partial charge in [0.1, 0.15) is 0 Å². The van der Waals surface area contributed by atoms with Gasteiger partial charge in [0.25, 0.3) is 0 Å². The van der Waals surface area contributed by atoms with Crippen LogP contribution in [0.1, 0.15) is 17.2 Å². The van der Waals surface area contributed by atoms with Gasteiger partial charge in [0.05, 0.1) is 17.7 Å². The maximum Gasteiger partial charge on any atom is 0.185 e. The van der Waals surface area contributed by atoms with Gasteiger partial charge in [-0.25, -0.2) is 0 Å². The van der Waals surface area contributed by atoms with E-state index in [9.17, 15) is 0 Å². The first-order valence-corrected chi connectivity index (χ1v) is 8.67. The Morgan fingerprint density at radius 3 is 2.25 bits per heavy atom. The Bertz CT molecular complexity index is 397. The molecule has 0 heterocycles. The standard InChI is InChI=1S/C13H17NOSi/c1-5-13(15-16(2,3)4)12-8-6-11(10-14)7-9-12/h5-9,13H,1H2,2-4H3. The summed E-state index contributed by atoms with van der Waals surface area (Å²) in [6, 6.07) is 9.55. The summed E-state index contributed by atoms with van der Waals surface area (Å²) in [4.78, 5) is 0. The zero-order chi connectivity index (χ0) is 12.2. The van der Waals surface area contributed by atoms with Crippen LogP contribution in [0.2, 0.25) is 19.6 Å². The van der Waals surface area contributed by atoms with Crippen molar-refractivity contribution >= 4 is 8.32 Å². The highest BCUT2D eigenvalue weighted by molar-refractivity contribution is 6.69. The van der Waals surface area contributed by atoms with Crippen molar-refractivity contribution in [3.63, 3.8) is 0 Å². The summed E-state index contributed by atoms with van der Waals surface area (Å²) < 4.78 is 5.98. The monoisotopic (exact) mass is 231 g/mol. The van der Waals surface area contributed by atoms with Gasteiger partial charge < -0.3 is 4.43 Å². The van der Waals surface area contributed by atoms with E-state index in [1.807, 2.05) is 12.1 Å². The fraction of sp³-hybridized carbons (Fsp3) is 0.308. The summed E-state index contributed by atoms with van der Waals surface area (Å²) in [7, 11) is -1.58. The van der Waals surface area contributed by atoms with Crippen LogP contribution in [0.15, 0.2) is 36.9 Å². The molecule has 0 radical (unpaired) electrons. The fourth-order valence-corrected chi connectivity index (χ4v) is 2.37. The van der Waals surface area contributed by atoms with Gasteiger partial charge >= 0.3 is 0 Å². The van der Waals surface area contributed by atoms with Gasteiger partial charge in [-0.3, -0.25) is 0 Å². The summed E-state index contributed by atoms with van der Waals surface area (Å²) in [5.41, 5.74) is 1.72. The molecule has 0 spiro atoms. The molecule has 84 valence electrons. The average molecular weight is 231 g/mol. The number of nitrogens with zero attached hydrogens (tertiary/aromatic N) is 1. The Hall–Kier alpha value is -1.37. The summed E-state index contributed by atoms with van der Waals surface area (Å²) in [6.45, 7) is 10.2. The first-order valence-electron chi connectivity index (χ1n) is 5.27. The third-order valence-electron chi connectivity index (χ3n) is 2.06. The lowest BCUT2D eigenvalue weighted by atomic mass is 10.1. The van der Waals surface area contributed by atoms with Gasteiger partial charge in [0.15, 0.2) is 8.32 Å². The number of rotatable bonds is 4. The van der Waals surface area contributed by atoms with Gasteiger partial charge in [0.2, 0.25) is 0 Å². The lowest BCUT2D eigenvalue weighted by Gasteiger charge is -2.24. The molecule has 3 heteroatoms. The third-order valence-corrected chi connectivity index (χ3v) is 3.02. The van der Waals surface area contributed by atoms with E-state index in [0.29, 0.717) is 5.56 Å². The zero-order valence-corrected chi connectivity index (χ0v) is 11.0. The smallest absolute Gasteiger partial charge is 0.185 e. The van der Waals surface area contributed by atoms with Gasteiger partial charge in [-0.1, -0.05) is 18.2 Å². The second-order valence-electron chi connectivity index (χ2n) is 4.62. The summed E-state index contributed by atoms with van der Waals surface area (Å²) in [6.07, 6.45) is 1.74. The van der Waals surface area contributed by atoms with E-state index in [0.717, 1.165) is 5.56 Å². The normalized spacial score (nSPS) is 12.9. The molecule has 0 N–H and O–H groups in total. The minimum Gasteiger partial charge on any atom is -0.407 e. The van der Waals surface area contributed by atoms with Gasteiger partial charge in [-0.2, -0.15) is 5.26 Å². The molecule has 1 atom stereocenters. The average Bonchev–Trinajstić information content (AvgIpc) is 2.25. The molecule has 1 unspecified atom stereocenters. The molecule has 0 saturated carbocycles. The van der Waals surface area contributed by atoms with E-state index in [2.05, 4.69) is 32.3 Å². The van der Waals surface area contributed by atoms with Gasteiger partial charge in [-0.05, 0) is 37.3 Å². The predicted molar refractivity (Wildman–Crippen MR) is 68.5 cm³/mol. The number of benzene rings is 1. The maximum absolute atomic E-state index is 8.72. The number of nitriles is 1. The first kappa shape index (κ1) is 12.7. The molecule has 1 aromatic carbocycles. The first-order chi connectivity index (χ1) is 7.46. The van der Waals surface area contributed by atoms with Crippen LogP contribution >= 0.6 is 0 Å². The van der Waals surface area contributed by atoms with Crippen molar-refractivity contribution in [3.05, 3.63) is 48.0 Å². The largest absolute Gasteiger partial charge is 0.407 e. The molecule has 0 amide bonds. The molecular weight excluding hydrogens is 214 g/mol. The SMILES string of the molecule is C=CC(O[Si](C)(C)C)c1ccc(C#N)cc1. The molecule has 16 heavy (non-hydrogen) atoms.